The molecule has 6 heteroatoms. The van der Waals surface area contributed by atoms with Gasteiger partial charge in [0.15, 0.2) is 0 Å². The molecule has 1 saturated carbocycles. The second-order valence-corrected chi connectivity index (χ2v) is 6.08. The molecule has 0 spiro atoms. The molecule has 120 valence electrons. The van der Waals surface area contributed by atoms with Gasteiger partial charge in [-0.25, -0.2) is 0 Å². The van der Waals surface area contributed by atoms with E-state index < -0.39 is 12.1 Å². The van der Waals surface area contributed by atoms with Crippen LogP contribution in [0.25, 0.3) is 0 Å². The second-order valence-electron chi connectivity index (χ2n) is 6.08. The van der Waals surface area contributed by atoms with Crippen LogP contribution in [-0.2, 0) is 14.3 Å². The maximum atomic E-state index is 12.0. The zero-order valence-electron chi connectivity index (χ0n) is 12.7. The second kappa shape index (κ2) is 7.75. The van der Waals surface area contributed by atoms with Crippen molar-refractivity contribution in [2.24, 2.45) is 0 Å². The zero-order chi connectivity index (χ0) is 15.2. The van der Waals surface area contributed by atoms with Gasteiger partial charge < -0.3 is 15.2 Å². The standard InChI is InChI=1S/C15H26N2O4/c1-21-15(20)13-9-12(18)10-17(13)8-7-14(19)16-11-5-3-2-4-6-11/h11-13,18H,2-10H2,1H3,(H,16,19). The summed E-state index contributed by atoms with van der Waals surface area (Å²) in [7, 11) is 1.35. The van der Waals surface area contributed by atoms with Gasteiger partial charge >= 0.3 is 5.97 Å². The lowest BCUT2D eigenvalue weighted by Gasteiger charge is -2.24. The number of nitrogens with zero attached hydrogens (tertiary/aromatic N) is 1. The minimum absolute atomic E-state index is 0.0342. The van der Waals surface area contributed by atoms with Crippen LogP contribution in [0.4, 0.5) is 0 Å². The highest BCUT2D eigenvalue weighted by Crippen LogP contribution is 2.20. The maximum absolute atomic E-state index is 12.0. The van der Waals surface area contributed by atoms with Crippen LogP contribution in [0.5, 0.6) is 0 Å². The fourth-order valence-electron chi connectivity index (χ4n) is 3.30. The summed E-state index contributed by atoms with van der Waals surface area (Å²) in [4.78, 5) is 25.5. The summed E-state index contributed by atoms with van der Waals surface area (Å²) >= 11 is 0. The van der Waals surface area contributed by atoms with Gasteiger partial charge in [-0.05, 0) is 12.8 Å². The molecule has 2 aliphatic rings. The fraction of sp³-hybridized carbons (Fsp3) is 0.867. The molecule has 0 bridgehead atoms. The van der Waals surface area contributed by atoms with Gasteiger partial charge in [-0.1, -0.05) is 19.3 Å². The smallest absolute Gasteiger partial charge is 0.323 e. The van der Waals surface area contributed by atoms with Crippen molar-refractivity contribution in [3.63, 3.8) is 0 Å². The summed E-state index contributed by atoms with van der Waals surface area (Å²) in [5, 5.41) is 12.8. The van der Waals surface area contributed by atoms with Crippen molar-refractivity contribution in [3.05, 3.63) is 0 Å². The summed E-state index contributed by atoms with van der Waals surface area (Å²) in [6.07, 6.45) is 6.00. The van der Waals surface area contributed by atoms with E-state index in [1.807, 2.05) is 4.90 Å². The number of likely N-dealkylation sites (tertiary alicyclic amines) is 1. The number of amides is 1. The number of rotatable bonds is 5. The SMILES string of the molecule is COC(=O)C1CC(O)CN1CCC(=O)NC1CCCCC1. The van der Waals surface area contributed by atoms with Crippen LogP contribution in [0.1, 0.15) is 44.9 Å². The van der Waals surface area contributed by atoms with Gasteiger partial charge in [-0.3, -0.25) is 14.5 Å². The van der Waals surface area contributed by atoms with Crippen molar-refractivity contribution in [1.82, 2.24) is 10.2 Å². The number of hydrogen-bond donors (Lipinski definition) is 2. The molecule has 2 rings (SSSR count). The van der Waals surface area contributed by atoms with Crippen LogP contribution in [0.3, 0.4) is 0 Å². The van der Waals surface area contributed by atoms with Crippen LogP contribution < -0.4 is 5.32 Å². The highest BCUT2D eigenvalue weighted by molar-refractivity contribution is 5.77. The van der Waals surface area contributed by atoms with Gasteiger partial charge in [0.2, 0.25) is 5.91 Å². The Kier molecular flexibility index (Phi) is 5.99. The van der Waals surface area contributed by atoms with Crippen LogP contribution in [0, 0.1) is 0 Å². The van der Waals surface area contributed by atoms with E-state index in [0.717, 1.165) is 12.8 Å². The molecule has 1 aliphatic heterocycles. The number of ether oxygens (including phenoxy) is 1. The predicted octanol–water partition coefficient (Wildman–Crippen LogP) is 0.434. The van der Waals surface area contributed by atoms with Gasteiger partial charge in [0.05, 0.1) is 13.2 Å². The summed E-state index contributed by atoms with van der Waals surface area (Å²) in [6.45, 7) is 0.909. The van der Waals surface area contributed by atoms with E-state index >= 15 is 0 Å². The zero-order valence-corrected chi connectivity index (χ0v) is 12.7. The molecule has 0 radical (unpaired) electrons. The lowest BCUT2D eigenvalue weighted by Crippen LogP contribution is -2.41. The quantitative estimate of drug-likeness (QED) is 0.720. The topological polar surface area (TPSA) is 78.9 Å². The van der Waals surface area contributed by atoms with E-state index in [1.165, 1.54) is 26.4 Å². The van der Waals surface area contributed by atoms with Crippen molar-refractivity contribution < 1.29 is 19.4 Å². The molecule has 2 N–H and O–H groups in total. The Morgan fingerprint density at radius 1 is 1.29 bits per heavy atom. The molecule has 2 fully saturated rings. The van der Waals surface area contributed by atoms with Crippen molar-refractivity contribution in [2.45, 2.75) is 63.1 Å². The summed E-state index contributed by atoms with van der Waals surface area (Å²) in [5.74, 6) is -0.300. The molecule has 2 unspecified atom stereocenters. The number of aliphatic hydroxyl groups is 1. The molecule has 0 aromatic rings. The van der Waals surface area contributed by atoms with E-state index in [-0.39, 0.29) is 11.9 Å². The highest BCUT2D eigenvalue weighted by Gasteiger charge is 2.36. The number of hydrogen-bond acceptors (Lipinski definition) is 5. The lowest BCUT2D eigenvalue weighted by atomic mass is 9.95. The number of methoxy groups -OCH3 is 1. The first-order valence-corrected chi connectivity index (χ1v) is 7.89. The highest BCUT2D eigenvalue weighted by atomic mass is 16.5. The number of esters is 1. The fourth-order valence-corrected chi connectivity index (χ4v) is 3.30. The van der Waals surface area contributed by atoms with Crippen molar-refractivity contribution in [3.8, 4) is 0 Å². The minimum atomic E-state index is -0.518. The Bertz CT molecular complexity index is 369. The molecule has 21 heavy (non-hydrogen) atoms. The molecule has 1 heterocycles. The number of aliphatic hydroxyl groups excluding tert-OH is 1. The molecule has 1 saturated heterocycles. The first kappa shape index (κ1) is 16.2. The normalized spacial score (nSPS) is 27.5. The number of nitrogens with one attached hydrogen (secondary N) is 1. The van der Waals surface area contributed by atoms with Crippen LogP contribution in [0.2, 0.25) is 0 Å². The first-order chi connectivity index (χ1) is 10.1. The molecule has 6 nitrogen and oxygen atoms in total. The molecule has 0 aromatic heterocycles. The number of β-amino-alcohol motifs (C(OH)–C–C–N with tert-alkyl or cyclic N) is 1. The van der Waals surface area contributed by atoms with Gasteiger partial charge in [0, 0.05) is 32.0 Å². The Hall–Kier alpha value is -1.14. The third-order valence-corrected chi connectivity index (χ3v) is 4.45. The van der Waals surface area contributed by atoms with E-state index in [4.69, 9.17) is 4.74 Å². The minimum Gasteiger partial charge on any atom is -0.468 e. The van der Waals surface area contributed by atoms with E-state index in [1.54, 1.807) is 0 Å². The Labute approximate surface area is 125 Å². The molecule has 1 amide bonds. The van der Waals surface area contributed by atoms with E-state index in [0.29, 0.717) is 32.0 Å². The number of carbonyl (C=O) groups excluding carboxylic acids is 2. The van der Waals surface area contributed by atoms with E-state index in [2.05, 4.69) is 5.32 Å². The average molecular weight is 298 g/mol. The van der Waals surface area contributed by atoms with Gasteiger partial charge in [0.25, 0.3) is 0 Å². The largest absolute Gasteiger partial charge is 0.468 e. The Morgan fingerprint density at radius 3 is 2.67 bits per heavy atom. The van der Waals surface area contributed by atoms with E-state index in [9.17, 15) is 14.7 Å². The average Bonchev–Trinajstić information content (AvgIpc) is 2.86. The van der Waals surface area contributed by atoms with Crippen LogP contribution >= 0.6 is 0 Å². The predicted molar refractivity (Wildman–Crippen MR) is 77.6 cm³/mol. The van der Waals surface area contributed by atoms with Crippen molar-refractivity contribution >= 4 is 11.9 Å². The monoisotopic (exact) mass is 298 g/mol. The first-order valence-electron chi connectivity index (χ1n) is 7.89. The van der Waals surface area contributed by atoms with Gasteiger partial charge in [-0.15, -0.1) is 0 Å². The maximum Gasteiger partial charge on any atom is 0.323 e. The van der Waals surface area contributed by atoms with Crippen molar-refractivity contribution in [2.75, 3.05) is 20.2 Å². The molecule has 0 aromatic carbocycles. The van der Waals surface area contributed by atoms with Crippen molar-refractivity contribution in [1.29, 1.82) is 0 Å². The Balaban J connectivity index is 1.75. The third-order valence-electron chi connectivity index (χ3n) is 4.45. The molecular formula is C15H26N2O4. The lowest BCUT2D eigenvalue weighted by molar-refractivity contribution is -0.146. The summed E-state index contributed by atoms with van der Waals surface area (Å²) < 4.78 is 4.75. The summed E-state index contributed by atoms with van der Waals surface area (Å²) in [6, 6.07) is -0.112. The molecule has 2 atom stereocenters. The van der Waals surface area contributed by atoms with Crippen LogP contribution in [0.15, 0.2) is 0 Å². The molecular weight excluding hydrogens is 272 g/mol. The summed E-state index contributed by atoms with van der Waals surface area (Å²) in [5.41, 5.74) is 0. The third kappa shape index (κ3) is 4.68. The van der Waals surface area contributed by atoms with Gasteiger partial charge in [0.1, 0.15) is 6.04 Å². The molecule has 1 aliphatic carbocycles. The van der Waals surface area contributed by atoms with Crippen LogP contribution in [-0.4, -0.2) is 60.3 Å². The Morgan fingerprint density at radius 2 is 2.00 bits per heavy atom. The van der Waals surface area contributed by atoms with Gasteiger partial charge in [-0.2, -0.15) is 0 Å². The number of carbonyl (C=O) groups is 2.